The number of hydrogen-bond acceptors (Lipinski definition) is 4. The number of ether oxygens (including phenoxy) is 2. The van der Waals surface area contributed by atoms with Crippen molar-refractivity contribution in [3.63, 3.8) is 0 Å². The number of halogens is 2. The lowest BCUT2D eigenvalue weighted by Gasteiger charge is -2.20. The third-order valence-electron chi connectivity index (χ3n) is 2.47. The molecule has 0 unspecified atom stereocenters. The summed E-state index contributed by atoms with van der Waals surface area (Å²) >= 11 is 8.37. The van der Waals surface area contributed by atoms with Crippen LogP contribution in [0.15, 0.2) is 0 Å². The lowest BCUT2D eigenvalue weighted by Crippen LogP contribution is -2.19. The molecule has 19 heavy (non-hydrogen) atoms. The maximum atomic E-state index is 6.17. The first-order valence-electron chi connectivity index (χ1n) is 6.15. The summed E-state index contributed by atoms with van der Waals surface area (Å²) in [5.41, 5.74) is 0.939. The van der Waals surface area contributed by atoms with Gasteiger partial charge in [0.2, 0.25) is 0 Å². The second-order valence-corrected chi connectivity index (χ2v) is 6.64. The van der Waals surface area contributed by atoms with Crippen LogP contribution in [0.5, 0.6) is 0 Å². The molecule has 0 fully saturated rings. The Morgan fingerprint density at radius 1 is 1.16 bits per heavy atom. The maximum Gasteiger partial charge on any atom is 0.146 e. The van der Waals surface area contributed by atoms with E-state index in [0.717, 1.165) is 15.1 Å². The van der Waals surface area contributed by atoms with Gasteiger partial charge in [-0.3, -0.25) is 0 Å². The zero-order chi connectivity index (χ0) is 14.5. The first-order chi connectivity index (χ1) is 8.86. The number of hydrogen-bond donors (Lipinski definition) is 0. The zero-order valence-corrected chi connectivity index (χ0v) is 14.7. The van der Waals surface area contributed by atoms with Crippen molar-refractivity contribution in [2.24, 2.45) is 0 Å². The van der Waals surface area contributed by atoms with Gasteiger partial charge in [-0.1, -0.05) is 32.4 Å². The Labute approximate surface area is 133 Å². The summed E-state index contributed by atoms with van der Waals surface area (Å²) in [5.74, 6) is 0.729. The van der Waals surface area contributed by atoms with E-state index in [9.17, 15) is 0 Å². The van der Waals surface area contributed by atoms with E-state index in [-0.39, 0.29) is 5.41 Å². The molecular formula is C13H20ClIN2O2. The van der Waals surface area contributed by atoms with Crippen molar-refractivity contribution < 1.29 is 9.47 Å². The Bertz CT molecular complexity index is 422. The normalized spacial score (nSPS) is 11.9. The van der Waals surface area contributed by atoms with Gasteiger partial charge in [0.15, 0.2) is 0 Å². The van der Waals surface area contributed by atoms with Crippen molar-refractivity contribution in [2.75, 3.05) is 26.9 Å². The highest BCUT2D eigenvalue weighted by Crippen LogP contribution is 2.29. The van der Waals surface area contributed by atoms with Crippen LogP contribution >= 0.6 is 34.2 Å². The molecule has 6 heteroatoms. The molecule has 0 saturated carbocycles. The fourth-order valence-corrected chi connectivity index (χ4v) is 2.72. The molecule has 0 aliphatic heterocycles. The van der Waals surface area contributed by atoms with Crippen molar-refractivity contribution in [1.82, 2.24) is 9.97 Å². The minimum atomic E-state index is -0.0469. The van der Waals surface area contributed by atoms with Crippen LogP contribution in [0, 0.1) is 3.57 Å². The average molecular weight is 399 g/mol. The molecule has 0 aliphatic rings. The largest absolute Gasteiger partial charge is 0.382 e. The van der Waals surface area contributed by atoms with Crippen molar-refractivity contribution in [3.8, 4) is 0 Å². The molecule has 0 saturated heterocycles. The van der Waals surface area contributed by atoms with E-state index in [4.69, 9.17) is 21.1 Å². The van der Waals surface area contributed by atoms with Gasteiger partial charge in [-0.05, 0) is 22.6 Å². The highest BCUT2D eigenvalue weighted by molar-refractivity contribution is 14.1. The Balaban J connectivity index is 2.72. The van der Waals surface area contributed by atoms with Crippen LogP contribution in [0.25, 0.3) is 0 Å². The highest BCUT2D eigenvalue weighted by Gasteiger charge is 2.22. The molecule has 1 aromatic rings. The van der Waals surface area contributed by atoms with Crippen LogP contribution < -0.4 is 0 Å². The summed E-state index contributed by atoms with van der Waals surface area (Å²) in [6.45, 7) is 8.11. The molecule has 0 bridgehead atoms. The topological polar surface area (TPSA) is 44.2 Å². The minimum Gasteiger partial charge on any atom is -0.382 e. The molecule has 4 nitrogen and oxygen atoms in total. The quantitative estimate of drug-likeness (QED) is 0.419. The average Bonchev–Trinajstić information content (AvgIpc) is 2.31. The zero-order valence-electron chi connectivity index (χ0n) is 11.8. The van der Waals surface area contributed by atoms with Crippen molar-refractivity contribution in [2.45, 2.75) is 32.6 Å². The van der Waals surface area contributed by atoms with E-state index >= 15 is 0 Å². The lowest BCUT2D eigenvalue weighted by atomic mass is 9.92. The predicted molar refractivity (Wildman–Crippen MR) is 84.9 cm³/mol. The van der Waals surface area contributed by atoms with E-state index < -0.39 is 0 Å². The van der Waals surface area contributed by atoms with Crippen molar-refractivity contribution >= 4 is 34.2 Å². The van der Waals surface area contributed by atoms with Gasteiger partial charge in [-0.25, -0.2) is 9.97 Å². The monoisotopic (exact) mass is 398 g/mol. The van der Waals surface area contributed by atoms with Gasteiger partial charge in [-0.15, -0.1) is 0 Å². The van der Waals surface area contributed by atoms with Crippen LogP contribution in [0.2, 0.25) is 5.15 Å². The van der Waals surface area contributed by atoms with Gasteiger partial charge < -0.3 is 9.47 Å². The van der Waals surface area contributed by atoms with E-state index in [0.29, 0.717) is 31.4 Å². The third kappa shape index (κ3) is 5.49. The van der Waals surface area contributed by atoms with Crippen LogP contribution in [-0.2, 0) is 21.3 Å². The van der Waals surface area contributed by atoms with Gasteiger partial charge >= 0.3 is 0 Å². The molecular weight excluding hydrogens is 379 g/mol. The van der Waals surface area contributed by atoms with E-state index in [1.807, 2.05) is 0 Å². The smallest absolute Gasteiger partial charge is 0.146 e. The SMILES string of the molecule is COCCOCCc1nc(Cl)c(I)c(C(C)(C)C)n1. The maximum absolute atomic E-state index is 6.17. The second-order valence-electron chi connectivity index (χ2n) is 5.20. The first kappa shape index (κ1) is 17.1. The molecule has 0 aliphatic carbocycles. The first-order valence-corrected chi connectivity index (χ1v) is 7.61. The molecule has 0 atom stereocenters. The summed E-state index contributed by atoms with van der Waals surface area (Å²) in [6, 6.07) is 0. The van der Waals surface area contributed by atoms with Crippen LogP contribution in [0.1, 0.15) is 32.3 Å². The minimum absolute atomic E-state index is 0.0469. The Hall–Kier alpha value is 0.0200. The number of methoxy groups -OCH3 is 1. The summed E-state index contributed by atoms with van der Waals surface area (Å²) in [7, 11) is 1.65. The number of aromatic nitrogens is 2. The Morgan fingerprint density at radius 3 is 2.42 bits per heavy atom. The number of nitrogens with zero attached hydrogens (tertiary/aromatic N) is 2. The van der Waals surface area contributed by atoms with Gasteiger partial charge in [0, 0.05) is 18.9 Å². The van der Waals surface area contributed by atoms with Gasteiger partial charge in [0.25, 0.3) is 0 Å². The standard InChI is InChI=1S/C13H20ClIN2O2/c1-13(2,3)11-10(15)12(14)17-9(16-11)5-6-19-8-7-18-4/h5-8H2,1-4H3. The van der Waals surface area contributed by atoms with Crippen LogP contribution in [-0.4, -0.2) is 36.9 Å². The van der Waals surface area contributed by atoms with E-state index in [1.165, 1.54) is 0 Å². The van der Waals surface area contributed by atoms with Crippen LogP contribution in [0.3, 0.4) is 0 Å². The molecule has 1 rings (SSSR count). The lowest BCUT2D eigenvalue weighted by molar-refractivity contribution is 0.0716. The van der Waals surface area contributed by atoms with E-state index in [2.05, 4.69) is 53.3 Å². The summed E-state index contributed by atoms with van der Waals surface area (Å²) in [5, 5.41) is 0.521. The Kier molecular flexibility index (Phi) is 6.93. The molecule has 0 spiro atoms. The predicted octanol–water partition coefficient (Wildman–Crippen LogP) is 3.24. The number of rotatable bonds is 6. The van der Waals surface area contributed by atoms with Gasteiger partial charge in [0.05, 0.1) is 29.1 Å². The molecule has 0 aromatic carbocycles. The van der Waals surface area contributed by atoms with Crippen LogP contribution in [0.4, 0.5) is 0 Å². The van der Waals surface area contributed by atoms with E-state index in [1.54, 1.807) is 7.11 Å². The molecule has 0 amide bonds. The molecule has 108 valence electrons. The summed E-state index contributed by atoms with van der Waals surface area (Å²) in [6.07, 6.45) is 0.656. The van der Waals surface area contributed by atoms with Gasteiger partial charge in [-0.2, -0.15) is 0 Å². The highest BCUT2D eigenvalue weighted by atomic mass is 127. The summed E-state index contributed by atoms with van der Waals surface area (Å²) in [4.78, 5) is 8.91. The molecule has 1 aromatic heterocycles. The fraction of sp³-hybridized carbons (Fsp3) is 0.692. The second kappa shape index (κ2) is 7.71. The fourth-order valence-electron chi connectivity index (χ4n) is 1.48. The third-order valence-corrected chi connectivity index (χ3v) is 4.08. The molecule has 1 heterocycles. The molecule has 0 N–H and O–H groups in total. The molecule has 0 radical (unpaired) electrons. The van der Waals surface area contributed by atoms with Gasteiger partial charge in [0.1, 0.15) is 11.0 Å². The van der Waals surface area contributed by atoms with Crippen molar-refractivity contribution in [1.29, 1.82) is 0 Å². The van der Waals surface area contributed by atoms with Crippen molar-refractivity contribution in [3.05, 3.63) is 20.2 Å². The Morgan fingerprint density at radius 2 is 1.84 bits per heavy atom. The summed E-state index contributed by atoms with van der Waals surface area (Å²) < 4.78 is 11.3.